The van der Waals surface area contributed by atoms with Gasteiger partial charge in [0.1, 0.15) is 0 Å². The normalized spacial score (nSPS) is 17.3. The van der Waals surface area contributed by atoms with E-state index in [0.29, 0.717) is 12.8 Å². The van der Waals surface area contributed by atoms with Crippen molar-refractivity contribution in [1.82, 2.24) is 5.32 Å². The van der Waals surface area contributed by atoms with Crippen molar-refractivity contribution in [2.24, 2.45) is 0 Å². The zero-order valence-corrected chi connectivity index (χ0v) is 12.3. The van der Waals surface area contributed by atoms with Gasteiger partial charge in [-0.3, -0.25) is 4.79 Å². The van der Waals surface area contributed by atoms with Gasteiger partial charge in [0.25, 0.3) is 0 Å². The third-order valence-electron chi connectivity index (χ3n) is 4.05. The van der Waals surface area contributed by atoms with Crippen LogP contribution in [0.4, 0.5) is 13.2 Å². The molecule has 0 aromatic heterocycles. The molecular weight excluding hydrogens is 295 g/mol. The molecule has 0 saturated heterocycles. The number of hydrogen-bond acceptors (Lipinski definition) is 2. The zero-order valence-electron chi connectivity index (χ0n) is 12.3. The van der Waals surface area contributed by atoms with Crippen molar-refractivity contribution < 1.29 is 23.1 Å². The fraction of sp³-hybridized carbons (Fsp3) is 0.562. The highest BCUT2D eigenvalue weighted by atomic mass is 19.2. The molecule has 1 aromatic carbocycles. The highest BCUT2D eigenvalue weighted by Gasteiger charge is 2.31. The Bertz CT molecular complexity index is 519. The molecule has 1 aliphatic rings. The molecule has 0 atom stereocenters. The summed E-state index contributed by atoms with van der Waals surface area (Å²) in [6.45, 7) is 0.180. The fourth-order valence-corrected chi connectivity index (χ4v) is 2.85. The van der Waals surface area contributed by atoms with Gasteiger partial charge in [0.2, 0.25) is 5.91 Å². The van der Waals surface area contributed by atoms with E-state index in [2.05, 4.69) is 5.32 Å². The first-order chi connectivity index (χ1) is 10.4. The van der Waals surface area contributed by atoms with Crippen LogP contribution in [0.2, 0.25) is 0 Å². The standard InChI is InChI=1S/C16H20F3NO2/c17-12-8-11(9-13(18)15(12)19)4-7-20-14(21)10-16(22)5-2-1-3-6-16/h8-9,22H,1-7,10H2,(H,20,21). The molecule has 1 amide bonds. The van der Waals surface area contributed by atoms with E-state index in [4.69, 9.17) is 0 Å². The van der Waals surface area contributed by atoms with Gasteiger partial charge in [0, 0.05) is 6.54 Å². The van der Waals surface area contributed by atoms with Crippen molar-refractivity contribution >= 4 is 5.91 Å². The van der Waals surface area contributed by atoms with E-state index in [-0.39, 0.29) is 30.9 Å². The maximum Gasteiger partial charge on any atom is 0.222 e. The monoisotopic (exact) mass is 315 g/mol. The topological polar surface area (TPSA) is 49.3 Å². The van der Waals surface area contributed by atoms with E-state index >= 15 is 0 Å². The van der Waals surface area contributed by atoms with Crippen LogP contribution < -0.4 is 5.32 Å². The molecule has 22 heavy (non-hydrogen) atoms. The predicted octanol–water partition coefficient (Wildman–Crippen LogP) is 2.85. The lowest BCUT2D eigenvalue weighted by Gasteiger charge is -2.31. The van der Waals surface area contributed by atoms with Crippen molar-refractivity contribution in [2.45, 2.75) is 50.5 Å². The van der Waals surface area contributed by atoms with E-state index in [0.717, 1.165) is 31.4 Å². The van der Waals surface area contributed by atoms with Gasteiger partial charge in [0.05, 0.1) is 12.0 Å². The molecule has 1 aromatic rings. The van der Waals surface area contributed by atoms with Crippen LogP contribution in [0.1, 0.15) is 44.1 Å². The lowest BCUT2D eigenvalue weighted by molar-refractivity contribution is -0.127. The quantitative estimate of drug-likeness (QED) is 0.821. The Morgan fingerprint density at radius 1 is 1.14 bits per heavy atom. The highest BCUT2D eigenvalue weighted by Crippen LogP contribution is 2.30. The number of carbonyl (C=O) groups excluding carboxylic acids is 1. The molecule has 6 heteroatoms. The summed E-state index contributed by atoms with van der Waals surface area (Å²) in [5.74, 6) is -4.25. The van der Waals surface area contributed by atoms with Crippen molar-refractivity contribution in [2.75, 3.05) is 6.54 Å². The average molecular weight is 315 g/mol. The summed E-state index contributed by atoms with van der Waals surface area (Å²) in [5, 5.41) is 12.9. The van der Waals surface area contributed by atoms with Crippen molar-refractivity contribution in [1.29, 1.82) is 0 Å². The number of amides is 1. The second-order valence-electron chi connectivity index (χ2n) is 5.94. The molecule has 0 bridgehead atoms. The number of rotatable bonds is 5. The van der Waals surface area contributed by atoms with Crippen LogP contribution in [0.3, 0.4) is 0 Å². The number of halogens is 3. The van der Waals surface area contributed by atoms with Gasteiger partial charge in [-0.25, -0.2) is 13.2 Å². The smallest absolute Gasteiger partial charge is 0.222 e. The summed E-state index contributed by atoms with van der Waals surface area (Å²) < 4.78 is 38.9. The molecule has 0 radical (unpaired) electrons. The van der Waals surface area contributed by atoms with E-state index in [1.54, 1.807) is 0 Å². The van der Waals surface area contributed by atoms with E-state index in [1.807, 2.05) is 0 Å². The number of benzene rings is 1. The second kappa shape index (κ2) is 7.13. The molecule has 0 spiro atoms. The summed E-state index contributed by atoms with van der Waals surface area (Å²) >= 11 is 0. The third-order valence-corrected chi connectivity index (χ3v) is 4.05. The molecule has 1 fully saturated rings. The molecule has 122 valence electrons. The maximum absolute atomic E-state index is 13.0. The van der Waals surface area contributed by atoms with Crippen LogP contribution in [0.5, 0.6) is 0 Å². The van der Waals surface area contributed by atoms with Gasteiger partial charge in [-0.1, -0.05) is 19.3 Å². The minimum atomic E-state index is -1.49. The predicted molar refractivity (Wildman–Crippen MR) is 75.7 cm³/mol. The summed E-state index contributed by atoms with van der Waals surface area (Å²) in [7, 11) is 0. The van der Waals surface area contributed by atoms with Crippen LogP contribution >= 0.6 is 0 Å². The summed E-state index contributed by atoms with van der Waals surface area (Å²) in [4.78, 5) is 11.8. The first-order valence-corrected chi connectivity index (χ1v) is 7.52. The van der Waals surface area contributed by atoms with Gasteiger partial charge in [-0.2, -0.15) is 0 Å². The van der Waals surface area contributed by atoms with E-state index in [1.165, 1.54) is 0 Å². The Hall–Kier alpha value is -1.56. The highest BCUT2D eigenvalue weighted by molar-refractivity contribution is 5.77. The Morgan fingerprint density at radius 2 is 1.73 bits per heavy atom. The minimum Gasteiger partial charge on any atom is -0.389 e. The van der Waals surface area contributed by atoms with Crippen LogP contribution in [0.15, 0.2) is 12.1 Å². The molecule has 0 aliphatic heterocycles. The largest absolute Gasteiger partial charge is 0.389 e. The molecule has 3 nitrogen and oxygen atoms in total. The SMILES string of the molecule is O=C(CC1(O)CCCCC1)NCCc1cc(F)c(F)c(F)c1. The van der Waals surface area contributed by atoms with Gasteiger partial charge in [-0.15, -0.1) is 0 Å². The molecule has 0 unspecified atom stereocenters. The van der Waals surface area contributed by atoms with Crippen molar-refractivity contribution in [3.8, 4) is 0 Å². The summed E-state index contributed by atoms with van der Waals surface area (Å²) in [6.07, 6.45) is 4.38. The van der Waals surface area contributed by atoms with Gasteiger partial charge >= 0.3 is 0 Å². The third kappa shape index (κ3) is 4.47. The Labute approximate surface area is 127 Å². The average Bonchev–Trinajstić information content (AvgIpc) is 2.45. The summed E-state index contributed by atoms with van der Waals surface area (Å²) in [5.41, 5.74) is -0.663. The van der Waals surface area contributed by atoms with Gasteiger partial charge < -0.3 is 10.4 Å². The number of hydrogen-bond donors (Lipinski definition) is 2. The molecule has 2 rings (SSSR count). The first kappa shape index (κ1) is 16.8. The number of carbonyl (C=O) groups is 1. The zero-order chi connectivity index (χ0) is 16.2. The maximum atomic E-state index is 13.0. The number of aliphatic hydroxyl groups is 1. The van der Waals surface area contributed by atoms with E-state index < -0.39 is 23.1 Å². The van der Waals surface area contributed by atoms with Gasteiger partial charge in [0.15, 0.2) is 17.5 Å². The lowest BCUT2D eigenvalue weighted by atomic mass is 9.82. The second-order valence-corrected chi connectivity index (χ2v) is 5.94. The molecule has 2 N–H and O–H groups in total. The Morgan fingerprint density at radius 3 is 2.32 bits per heavy atom. The minimum absolute atomic E-state index is 0.0408. The first-order valence-electron chi connectivity index (χ1n) is 7.52. The molecule has 0 heterocycles. The molecule has 1 aliphatic carbocycles. The number of nitrogens with one attached hydrogen (secondary N) is 1. The summed E-state index contributed by atoms with van der Waals surface area (Å²) in [6, 6.07) is 1.83. The lowest BCUT2D eigenvalue weighted by Crippen LogP contribution is -2.38. The molecule has 1 saturated carbocycles. The van der Waals surface area contributed by atoms with E-state index in [9.17, 15) is 23.1 Å². The Kier molecular flexibility index (Phi) is 5.45. The van der Waals surface area contributed by atoms with Crippen LogP contribution in [-0.2, 0) is 11.2 Å². The van der Waals surface area contributed by atoms with Gasteiger partial charge in [-0.05, 0) is 37.0 Å². The van der Waals surface area contributed by atoms with Crippen molar-refractivity contribution in [3.63, 3.8) is 0 Å². The molecular formula is C16H20F3NO2. The van der Waals surface area contributed by atoms with Crippen LogP contribution in [0.25, 0.3) is 0 Å². The fourth-order valence-electron chi connectivity index (χ4n) is 2.85. The van der Waals surface area contributed by atoms with Crippen LogP contribution in [-0.4, -0.2) is 23.2 Å². The Balaban J connectivity index is 1.79. The van der Waals surface area contributed by atoms with Crippen molar-refractivity contribution in [3.05, 3.63) is 35.1 Å². The van der Waals surface area contributed by atoms with Crippen LogP contribution in [0, 0.1) is 17.5 Å².